The Hall–Kier alpha value is -1.98. The van der Waals surface area contributed by atoms with Gasteiger partial charge in [0.15, 0.2) is 0 Å². The zero-order chi connectivity index (χ0) is 13.8. The molecule has 98 valence electrons. The van der Waals surface area contributed by atoms with Crippen LogP contribution in [0.3, 0.4) is 0 Å². The van der Waals surface area contributed by atoms with E-state index in [4.69, 9.17) is 5.73 Å². The van der Waals surface area contributed by atoms with Crippen LogP contribution < -0.4 is 11.1 Å². The summed E-state index contributed by atoms with van der Waals surface area (Å²) in [7, 11) is 0. The topological polar surface area (TPSA) is 98.0 Å². The van der Waals surface area contributed by atoms with Gasteiger partial charge in [0.2, 0.25) is 5.91 Å². The molecule has 1 atom stereocenters. The van der Waals surface area contributed by atoms with Gasteiger partial charge in [-0.2, -0.15) is 0 Å². The van der Waals surface area contributed by atoms with Crippen molar-refractivity contribution in [1.29, 1.82) is 0 Å². The van der Waals surface area contributed by atoms with E-state index < -0.39 is 17.4 Å². The van der Waals surface area contributed by atoms with Gasteiger partial charge < -0.3 is 11.1 Å². The zero-order valence-corrected chi connectivity index (χ0v) is 10.8. The third kappa shape index (κ3) is 2.64. The van der Waals surface area contributed by atoms with Crippen molar-refractivity contribution in [2.24, 2.45) is 11.7 Å². The second kappa shape index (κ2) is 5.57. The lowest BCUT2D eigenvalue weighted by molar-refractivity contribution is -0.126. The zero-order valence-electron chi connectivity index (χ0n) is 10.8. The van der Waals surface area contributed by atoms with Crippen molar-refractivity contribution >= 4 is 11.8 Å². The average molecular weight is 250 g/mol. The number of hydrogen-bond acceptors (Lipinski definition) is 4. The molecule has 0 spiro atoms. The van der Waals surface area contributed by atoms with E-state index in [2.05, 4.69) is 15.3 Å². The summed E-state index contributed by atoms with van der Waals surface area (Å²) in [6, 6.07) is 0. The molecule has 3 N–H and O–H groups in total. The molecular formula is C12H18N4O2. The monoisotopic (exact) mass is 250 g/mol. The van der Waals surface area contributed by atoms with Crippen LogP contribution in [-0.4, -0.2) is 27.3 Å². The molecule has 2 amide bonds. The summed E-state index contributed by atoms with van der Waals surface area (Å²) in [5.74, 6) is -1.10. The van der Waals surface area contributed by atoms with Gasteiger partial charge in [0.1, 0.15) is 11.2 Å². The maximum atomic E-state index is 12.0. The Morgan fingerprint density at radius 3 is 2.50 bits per heavy atom. The van der Waals surface area contributed by atoms with Crippen molar-refractivity contribution in [3.63, 3.8) is 0 Å². The Morgan fingerprint density at radius 2 is 2.11 bits per heavy atom. The molecule has 1 aromatic heterocycles. The molecule has 0 aliphatic carbocycles. The molecule has 18 heavy (non-hydrogen) atoms. The number of nitrogens with zero attached hydrogens (tertiary/aromatic N) is 2. The molecule has 1 unspecified atom stereocenters. The summed E-state index contributed by atoms with van der Waals surface area (Å²) in [4.78, 5) is 31.3. The summed E-state index contributed by atoms with van der Waals surface area (Å²) >= 11 is 0. The smallest absolute Gasteiger partial charge is 0.272 e. The summed E-state index contributed by atoms with van der Waals surface area (Å²) in [6.45, 7) is 5.48. The standard InChI is InChI=1S/C12H18N4O2/c1-4-12(8(2)3,11(13)18)16-10(17)9-7-14-5-6-15-9/h5-8H,4H2,1-3H3,(H2,13,18)(H,16,17). The number of rotatable bonds is 5. The Balaban J connectivity index is 2.99. The number of primary amides is 1. The van der Waals surface area contributed by atoms with Crippen LogP contribution in [0, 0.1) is 5.92 Å². The van der Waals surface area contributed by atoms with Gasteiger partial charge in [-0.15, -0.1) is 0 Å². The highest BCUT2D eigenvalue weighted by atomic mass is 16.2. The van der Waals surface area contributed by atoms with Crippen molar-refractivity contribution in [2.75, 3.05) is 0 Å². The molecule has 6 nitrogen and oxygen atoms in total. The van der Waals surface area contributed by atoms with Crippen molar-refractivity contribution in [2.45, 2.75) is 32.7 Å². The first-order chi connectivity index (χ1) is 8.44. The fraction of sp³-hybridized carbons (Fsp3) is 0.500. The summed E-state index contributed by atoms with van der Waals surface area (Å²) < 4.78 is 0. The lowest BCUT2D eigenvalue weighted by Gasteiger charge is -2.34. The summed E-state index contributed by atoms with van der Waals surface area (Å²) in [5, 5.41) is 2.68. The Kier molecular flexibility index (Phi) is 4.36. The van der Waals surface area contributed by atoms with E-state index in [0.29, 0.717) is 6.42 Å². The summed E-state index contributed by atoms with van der Waals surface area (Å²) in [6.07, 6.45) is 4.66. The van der Waals surface area contributed by atoms with Gasteiger partial charge in [-0.25, -0.2) is 4.98 Å². The van der Waals surface area contributed by atoms with E-state index in [-0.39, 0.29) is 11.6 Å². The van der Waals surface area contributed by atoms with E-state index in [9.17, 15) is 9.59 Å². The van der Waals surface area contributed by atoms with Crippen LogP contribution in [0.2, 0.25) is 0 Å². The number of amides is 2. The molecule has 1 rings (SSSR count). The number of nitrogens with two attached hydrogens (primary N) is 1. The molecule has 0 saturated heterocycles. The fourth-order valence-electron chi connectivity index (χ4n) is 1.84. The third-order valence-corrected chi connectivity index (χ3v) is 3.12. The lowest BCUT2D eigenvalue weighted by Crippen LogP contribution is -2.60. The highest BCUT2D eigenvalue weighted by molar-refractivity contribution is 5.97. The van der Waals surface area contributed by atoms with E-state index in [0.717, 1.165) is 0 Å². The Morgan fingerprint density at radius 1 is 1.44 bits per heavy atom. The van der Waals surface area contributed by atoms with Crippen molar-refractivity contribution in [3.05, 3.63) is 24.3 Å². The maximum absolute atomic E-state index is 12.0. The first-order valence-corrected chi connectivity index (χ1v) is 5.82. The predicted octanol–water partition coefficient (Wildman–Crippen LogP) is 0.496. The van der Waals surface area contributed by atoms with Crippen LogP contribution >= 0.6 is 0 Å². The van der Waals surface area contributed by atoms with Crippen LogP contribution in [0.15, 0.2) is 18.6 Å². The van der Waals surface area contributed by atoms with E-state index in [1.807, 2.05) is 20.8 Å². The molecule has 0 aliphatic heterocycles. The quantitative estimate of drug-likeness (QED) is 0.794. The van der Waals surface area contributed by atoms with Crippen molar-refractivity contribution in [1.82, 2.24) is 15.3 Å². The first kappa shape index (κ1) is 14.1. The van der Waals surface area contributed by atoms with Gasteiger partial charge >= 0.3 is 0 Å². The highest BCUT2D eigenvalue weighted by Gasteiger charge is 2.40. The molecule has 0 aliphatic rings. The number of carbonyl (C=O) groups excluding carboxylic acids is 2. The molecule has 0 aromatic carbocycles. The highest BCUT2D eigenvalue weighted by Crippen LogP contribution is 2.21. The largest absolute Gasteiger partial charge is 0.368 e. The van der Waals surface area contributed by atoms with Gasteiger partial charge in [0, 0.05) is 12.4 Å². The fourth-order valence-corrected chi connectivity index (χ4v) is 1.84. The second-order valence-electron chi connectivity index (χ2n) is 4.39. The van der Waals surface area contributed by atoms with Gasteiger partial charge in [-0.05, 0) is 12.3 Å². The molecule has 0 saturated carbocycles. The molecule has 1 aromatic rings. The van der Waals surface area contributed by atoms with Gasteiger partial charge in [-0.1, -0.05) is 20.8 Å². The molecule has 0 radical (unpaired) electrons. The molecule has 0 bridgehead atoms. The summed E-state index contributed by atoms with van der Waals surface area (Å²) in [5.41, 5.74) is 4.52. The number of hydrogen-bond donors (Lipinski definition) is 2. The van der Waals surface area contributed by atoms with E-state index in [1.165, 1.54) is 18.6 Å². The molecule has 6 heteroatoms. The van der Waals surface area contributed by atoms with Crippen LogP contribution in [0.4, 0.5) is 0 Å². The van der Waals surface area contributed by atoms with Crippen LogP contribution in [0.5, 0.6) is 0 Å². The minimum atomic E-state index is -1.06. The lowest BCUT2D eigenvalue weighted by atomic mass is 9.83. The van der Waals surface area contributed by atoms with Crippen LogP contribution in [0.25, 0.3) is 0 Å². The molecule has 0 fully saturated rings. The van der Waals surface area contributed by atoms with Crippen LogP contribution in [0.1, 0.15) is 37.7 Å². The van der Waals surface area contributed by atoms with Crippen molar-refractivity contribution in [3.8, 4) is 0 Å². The third-order valence-electron chi connectivity index (χ3n) is 3.12. The van der Waals surface area contributed by atoms with Gasteiger partial charge in [0.05, 0.1) is 6.20 Å². The predicted molar refractivity (Wildman–Crippen MR) is 66.6 cm³/mol. The van der Waals surface area contributed by atoms with Crippen molar-refractivity contribution < 1.29 is 9.59 Å². The first-order valence-electron chi connectivity index (χ1n) is 5.82. The molecule has 1 heterocycles. The van der Waals surface area contributed by atoms with E-state index >= 15 is 0 Å². The Bertz CT molecular complexity index is 433. The number of aromatic nitrogens is 2. The number of nitrogens with one attached hydrogen (secondary N) is 1. The SMILES string of the molecule is CCC(NC(=O)c1cnccn1)(C(N)=O)C(C)C. The molecular weight excluding hydrogens is 232 g/mol. The minimum absolute atomic E-state index is 0.111. The minimum Gasteiger partial charge on any atom is -0.368 e. The van der Waals surface area contributed by atoms with E-state index in [1.54, 1.807) is 0 Å². The Labute approximate surface area is 106 Å². The number of carbonyl (C=O) groups is 2. The maximum Gasteiger partial charge on any atom is 0.272 e. The normalized spacial score (nSPS) is 14.0. The van der Waals surface area contributed by atoms with Crippen LogP contribution in [-0.2, 0) is 4.79 Å². The average Bonchev–Trinajstić information content (AvgIpc) is 2.36. The second-order valence-corrected chi connectivity index (χ2v) is 4.39. The van der Waals surface area contributed by atoms with Gasteiger partial charge in [-0.3, -0.25) is 14.6 Å². The van der Waals surface area contributed by atoms with Gasteiger partial charge in [0.25, 0.3) is 5.91 Å².